The molecule has 3 N–H and O–H groups in total. The molecule has 2 rings (SSSR count). The molecule has 3 nitrogen and oxygen atoms in total. The fourth-order valence-corrected chi connectivity index (χ4v) is 1.68. The maximum atomic E-state index is 13.7. The standard InChI is InChI=1S/C16H12F2N2O/c17-13-8-7-11(4-3-9-19)10-12(13)16(21)20-15-6-2-1-5-14(15)18/h1-2,5-8,10H,9,19H2,(H,20,21). The molecule has 0 heterocycles. The number of hydrogen-bond donors (Lipinski definition) is 2. The van der Waals surface area contributed by atoms with Crippen molar-refractivity contribution in [3.05, 3.63) is 65.2 Å². The fourth-order valence-electron chi connectivity index (χ4n) is 1.68. The molecule has 0 radical (unpaired) electrons. The van der Waals surface area contributed by atoms with Crippen molar-refractivity contribution in [3.8, 4) is 11.8 Å². The van der Waals surface area contributed by atoms with Gasteiger partial charge in [0, 0.05) is 5.56 Å². The van der Waals surface area contributed by atoms with Gasteiger partial charge in [-0.1, -0.05) is 24.0 Å². The number of benzene rings is 2. The minimum Gasteiger partial charge on any atom is -0.320 e. The molecule has 0 aliphatic carbocycles. The zero-order valence-electron chi connectivity index (χ0n) is 11.0. The van der Waals surface area contributed by atoms with Crippen molar-refractivity contribution in [1.29, 1.82) is 0 Å². The van der Waals surface area contributed by atoms with Gasteiger partial charge in [-0.2, -0.15) is 0 Å². The topological polar surface area (TPSA) is 55.1 Å². The number of rotatable bonds is 2. The van der Waals surface area contributed by atoms with Gasteiger partial charge in [-0.3, -0.25) is 4.79 Å². The monoisotopic (exact) mass is 286 g/mol. The number of amides is 1. The van der Waals surface area contributed by atoms with Crippen molar-refractivity contribution in [2.75, 3.05) is 11.9 Å². The molecule has 0 bridgehead atoms. The molecule has 0 unspecified atom stereocenters. The van der Waals surface area contributed by atoms with Crippen molar-refractivity contribution < 1.29 is 13.6 Å². The second-order valence-corrected chi connectivity index (χ2v) is 4.13. The first kappa shape index (κ1) is 14.7. The van der Waals surface area contributed by atoms with Crippen molar-refractivity contribution in [2.45, 2.75) is 0 Å². The van der Waals surface area contributed by atoms with Crippen LogP contribution >= 0.6 is 0 Å². The Hall–Kier alpha value is -2.71. The summed E-state index contributed by atoms with van der Waals surface area (Å²) in [6.07, 6.45) is 0. The Morgan fingerprint density at radius 3 is 2.62 bits per heavy atom. The maximum absolute atomic E-state index is 13.7. The van der Waals surface area contributed by atoms with Crippen LogP contribution in [0.1, 0.15) is 15.9 Å². The first-order chi connectivity index (χ1) is 10.1. The Bertz CT molecular complexity index is 733. The van der Waals surface area contributed by atoms with Crippen molar-refractivity contribution in [2.24, 2.45) is 5.73 Å². The fraction of sp³-hybridized carbons (Fsp3) is 0.0625. The van der Waals surface area contributed by atoms with E-state index in [1.165, 1.54) is 30.3 Å². The summed E-state index contributed by atoms with van der Waals surface area (Å²) in [5, 5.41) is 2.32. The van der Waals surface area contributed by atoms with E-state index >= 15 is 0 Å². The SMILES string of the molecule is NCC#Cc1ccc(F)c(C(=O)Nc2ccccc2F)c1. The highest BCUT2D eigenvalue weighted by Gasteiger charge is 2.14. The predicted octanol–water partition coefficient (Wildman–Crippen LogP) is 2.53. The average Bonchev–Trinajstić information content (AvgIpc) is 2.48. The number of nitrogens with two attached hydrogens (primary N) is 1. The Balaban J connectivity index is 2.28. The summed E-state index contributed by atoms with van der Waals surface area (Å²) in [7, 11) is 0. The number of para-hydroxylation sites is 1. The number of carbonyl (C=O) groups excluding carboxylic acids is 1. The lowest BCUT2D eigenvalue weighted by Crippen LogP contribution is -2.15. The van der Waals surface area contributed by atoms with Gasteiger partial charge in [-0.05, 0) is 30.3 Å². The molecule has 1 amide bonds. The predicted molar refractivity (Wildman–Crippen MR) is 76.7 cm³/mol. The average molecular weight is 286 g/mol. The minimum absolute atomic E-state index is 0.0136. The van der Waals surface area contributed by atoms with E-state index in [2.05, 4.69) is 17.2 Å². The molecule has 2 aromatic carbocycles. The third-order valence-corrected chi connectivity index (χ3v) is 2.67. The molecule has 0 spiro atoms. The van der Waals surface area contributed by atoms with Crippen LogP contribution in [0.25, 0.3) is 0 Å². The van der Waals surface area contributed by atoms with Crippen molar-refractivity contribution >= 4 is 11.6 Å². The molecule has 21 heavy (non-hydrogen) atoms. The highest BCUT2D eigenvalue weighted by Crippen LogP contribution is 2.16. The van der Waals surface area contributed by atoms with Gasteiger partial charge in [0.25, 0.3) is 5.91 Å². The molecule has 0 atom stereocenters. The molecule has 0 aliphatic heterocycles. The van der Waals surface area contributed by atoms with E-state index in [0.29, 0.717) is 5.56 Å². The van der Waals surface area contributed by atoms with E-state index in [4.69, 9.17) is 5.73 Å². The van der Waals surface area contributed by atoms with Gasteiger partial charge in [0.2, 0.25) is 0 Å². The minimum atomic E-state index is -0.742. The summed E-state index contributed by atoms with van der Waals surface area (Å²) in [6.45, 7) is 0.161. The summed E-state index contributed by atoms with van der Waals surface area (Å²) < 4.78 is 27.2. The van der Waals surface area contributed by atoms with Crippen molar-refractivity contribution in [1.82, 2.24) is 0 Å². The summed E-state index contributed by atoms with van der Waals surface area (Å²) >= 11 is 0. The Morgan fingerprint density at radius 2 is 1.90 bits per heavy atom. The first-order valence-electron chi connectivity index (χ1n) is 6.16. The number of anilines is 1. The van der Waals surface area contributed by atoms with Crippen LogP contribution in [0, 0.1) is 23.5 Å². The summed E-state index contributed by atoms with van der Waals surface area (Å²) in [5.74, 6) is 3.28. The van der Waals surface area contributed by atoms with Crippen LogP contribution in [0.2, 0.25) is 0 Å². The van der Waals surface area contributed by atoms with Crippen molar-refractivity contribution in [3.63, 3.8) is 0 Å². The summed E-state index contributed by atoms with van der Waals surface area (Å²) in [5.41, 5.74) is 5.49. The van der Waals surface area contributed by atoms with Gasteiger partial charge >= 0.3 is 0 Å². The molecule has 106 valence electrons. The zero-order valence-corrected chi connectivity index (χ0v) is 11.0. The van der Waals surface area contributed by atoms with E-state index in [1.807, 2.05) is 0 Å². The van der Waals surface area contributed by atoms with Crippen LogP contribution in [0.3, 0.4) is 0 Å². The van der Waals surface area contributed by atoms with Crippen LogP contribution in [0.15, 0.2) is 42.5 Å². The lowest BCUT2D eigenvalue weighted by atomic mass is 10.1. The molecule has 0 fully saturated rings. The molecule has 0 aliphatic rings. The number of nitrogens with one attached hydrogen (secondary N) is 1. The van der Waals surface area contributed by atoms with Gasteiger partial charge in [0.15, 0.2) is 0 Å². The van der Waals surface area contributed by atoms with Gasteiger partial charge in [-0.25, -0.2) is 8.78 Å². The van der Waals surface area contributed by atoms with Gasteiger partial charge in [0.1, 0.15) is 11.6 Å². The molecule has 5 heteroatoms. The Labute approximate surface area is 120 Å². The normalized spacial score (nSPS) is 9.67. The molecule has 0 saturated carbocycles. The number of hydrogen-bond acceptors (Lipinski definition) is 2. The Morgan fingerprint density at radius 1 is 1.14 bits per heavy atom. The van der Waals surface area contributed by atoms with E-state index in [1.54, 1.807) is 6.07 Å². The van der Waals surface area contributed by atoms with Crippen LogP contribution in [0.5, 0.6) is 0 Å². The third kappa shape index (κ3) is 3.65. The lowest BCUT2D eigenvalue weighted by Gasteiger charge is -2.07. The quantitative estimate of drug-likeness (QED) is 0.834. The largest absolute Gasteiger partial charge is 0.320 e. The molecular weight excluding hydrogens is 274 g/mol. The lowest BCUT2D eigenvalue weighted by molar-refractivity contribution is 0.102. The third-order valence-electron chi connectivity index (χ3n) is 2.67. The summed E-state index contributed by atoms with van der Waals surface area (Å²) in [6, 6.07) is 9.54. The maximum Gasteiger partial charge on any atom is 0.258 e. The number of halogens is 2. The zero-order chi connectivity index (χ0) is 15.2. The smallest absolute Gasteiger partial charge is 0.258 e. The van der Waals surface area contributed by atoms with E-state index < -0.39 is 17.5 Å². The van der Waals surface area contributed by atoms with Gasteiger partial charge < -0.3 is 11.1 Å². The van der Waals surface area contributed by atoms with Crippen LogP contribution in [0.4, 0.5) is 14.5 Å². The molecular formula is C16H12F2N2O. The van der Waals surface area contributed by atoms with Gasteiger partial charge in [0.05, 0.1) is 17.8 Å². The Kier molecular flexibility index (Phi) is 4.64. The molecule has 0 aromatic heterocycles. The van der Waals surface area contributed by atoms with Crippen LogP contribution in [-0.4, -0.2) is 12.5 Å². The second kappa shape index (κ2) is 6.64. The molecule has 2 aromatic rings. The van der Waals surface area contributed by atoms with Crippen LogP contribution < -0.4 is 11.1 Å². The highest BCUT2D eigenvalue weighted by molar-refractivity contribution is 6.04. The highest BCUT2D eigenvalue weighted by atomic mass is 19.1. The summed E-state index contributed by atoms with van der Waals surface area (Å²) in [4.78, 5) is 12.0. The second-order valence-electron chi connectivity index (χ2n) is 4.13. The van der Waals surface area contributed by atoms with E-state index in [-0.39, 0.29) is 17.8 Å². The first-order valence-corrected chi connectivity index (χ1v) is 6.16. The van der Waals surface area contributed by atoms with E-state index in [9.17, 15) is 13.6 Å². The molecule has 0 saturated heterocycles. The van der Waals surface area contributed by atoms with E-state index in [0.717, 1.165) is 6.07 Å². The van der Waals surface area contributed by atoms with Gasteiger partial charge in [-0.15, -0.1) is 0 Å². The van der Waals surface area contributed by atoms with Crippen LogP contribution in [-0.2, 0) is 0 Å². The number of carbonyl (C=O) groups is 1.